The largest absolute Gasteiger partial charge is 0.489 e. The van der Waals surface area contributed by atoms with Crippen LogP contribution in [0.1, 0.15) is 12.5 Å². The molecule has 72 valence electrons. The SMILES string of the molecule is CC1CNCc2ccccc2O1.Cl. The monoisotopic (exact) mass is 199 g/mol. The highest BCUT2D eigenvalue weighted by Gasteiger charge is 2.11. The van der Waals surface area contributed by atoms with Crippen LogP contribution >= 0.6 is 12.4 Å². The zero-order chi connectivity index (χ0) is 8.39. The van der Waals surface area contributed by atoms with Crippen molar-refractivity contribution in [3.8, 4) is 5.75 Å². The normalized spacial score (nSPS) is 20.5. The molecule has 0 radical (unpaired) electrons. The maximum absolute atomic E-state index is 5.69. The van der Waals surface area contributed by atoms with Crippen LogP contribution in [0.4, 0.5) is 0 Å². The molecule has 0 aliphatic carbocycles. The molecular weight excluding hydrogens is 186 g/mol. The third kappa shape index (κ3) is 2.36. The molecule has 1 aliphatic heterocycles. The Labute approximate surface area is 84.7 Å². The van der Waals surface area contributed by atoms with Crippen molar-refractivity contribution in [2.75, 3.05) is 6.54 Å². The van der Waals surface area contributed by atoms with E-state index in [0.717, 1.165) is 18.8 Å². The Kier molecular flexibility index (Phi) is 3.58. The molecule has 2 rings (SSSR count). The minimum atomic E-state index is 0. The summed E-state index contributed by atoms with van der Waals surface area (Å²) in [5, 5.41) is 3.33. The van der Waals surface area contributed by atoms with Crippen molar-refractivity contribution in [2.45, 2.75) is 19.6 Å². The first-order valence-electron chi connectivity index (χ1n) is 4.31. The van der Waals surface area contributed by atoms with Crippen molar-refractivity contribution in [3.63, 3.8) is 0 Å². The second-order valence-corrected chi connectivity index (χ2v) is 3.17. The Balaban J connectivity index is 0.000000845. The summed E-state index contributed by atoms with van der Waals surface area (Å²) in [5.74, 6) is 1.02. The molecule has 1 aromatic carbocycles. The number of halogens is 1. The van der Waals surface area contributed by atoms with E-state index in [4.69, 9.17) is 4.74 Å². The van der Waals surface area contributed by atoms with Gasteiger partial charge in [-0.3, -0.25) is 0 Å². The highest BCUT2D eigenvalue weighted by atomic mass is 35.5. The topological polar surface area (TPSA) is 21.3 Å². The minimum Gasteiger partial charge on any atom is -0.489 e. The highest BCUT2D eigenvalue weighted by Crippen LogP contribution is 2.20. The molecule has 1 heterocycles. The number of rotatable bonds is 0. The third-order valence-electron chi connectivity index (χ3n) is 2.05. The molecule has 1 N–H and O–H groups in total. The van der Waals surface area contributed by atoms with Gasteiger partial charge in [-0.25, -0.2) is 0 Å². The van der Waals surface area contributed by atoms with Gasteiger partial charge in [-0.1, -0.05) is 18.2 Å². The van der Waals surface area contributed by atoms with E-state index < -0.39 is 0 Å². The Bertz CT molecular complexity index is 277. The summed E-state index contributed by atoms with van der Waals surface area (Å²) in [6.07, 6.45) is 0.272. The first-order valence-corrected chi connectivity index (χ1v) is 4.31. The molecule has 0 spiro atoms. The van der Waals surface area contributed by atoms with E-state index in [9.17, 15) is 0 Å². The predicted molar refractivity (Wildman–Crippen MR) is 55.5 cm³/mol. The van der Waals surface area contributed by atoms with Gasteiger partial charge in [0.25, 0.3) is 0 Å². The summed E-state index contributed by atoms with van der Waals surface area (Å²) in [5.41, 5.74) is 1.25. The van der Waals surface area contributed by atoms with Crippen LogP contribution in [-0.4, -0.2) is 12.6 Å². The Morgan fingerprint density at radius 2 is 2.15 bits per heavy atom. The Morgan fingerprint density at radius 3 is 3.00 bits per heavy atom. The van der Waals surface area contributed by atoms with Gasteiger partial charge in [-0.2, -0.15) is 0 Å². The van der Waals surface area contributed by atoms with Gasteiger partial charge in [-0.15, -0.1) is 12.4 Å². The van der Waals surface area contributed by atoms with Gasteiger partial charge in [0, 0.05) is 18.7 Å². The molecule has 13 heavy (non-hydrogen) atoms. The van der Waals surface area contributed by atoms with Crippen LogP contribution in [0.5, 0.6) is 5.75 Å². The fourth-order valence-electron chi connectivity index (χ4n) is 1.43. The second-order valence-electron chi connectivity index (χ2n) is 3.17. The molecular formula is C10H14ClNO. The summed E-state index contributed by atoms with van der Waals surface area (Å²) in [7, 11) is 0. The van der Waals surface area contributed by atoms with E-state index >= 15 is 0 Å². The lowest BCUT2D eigenvalue weighted by Crippen LogP contribution is -2.24. The molecule has 3 heteroatoms. The number of hydrogen-bond donors (Lipinski definition) is 1. The lowest BCUT2D eigenvalue weighted by Gasteiger charge is -2.11. The quantitative estimate of drug-likeness (QED) is 0.690. The standard InChI is InChI=1S/C10H13NO.ClH/c1-8-6-11-7-9-4-2-3-5-10(9)12-8;/h2-5,8,11H,6-7H2,1H3;1H. The van der Waals surface area contributed by atoms with Gasteiger partial charge >= 0.3 is 0 Å². The fraction of sp³-hybridized carbons (Fsp3) is 0.400. The van der Waals surface area contributed by atoms with E-state index in [1.54, 1.807) is 0 Å². The van der Waals surface area contributed by atoms with Crippen LogP contribution in [-0.2, 0) is 6.54 Å². The Hall–Kier alpha value is -0.730. The first-order chi connectivity index (χ1) is 5.86. The van der Waals surface area contributed by atoms with Crippen LogP contribution < -0.4 is 10.1 Å². The number of hydrogen-bond acceptors (Lipinski definition) is 2. The lowest BCUT2D eigenvalue weighted by molar-refractivity contribution is 0.226. The van der Waals surface area contributed by atoms with Gasteiger partial charge in [0.15, 0.2) is 0 Å². The summed E-state index contributed by atoms with van der Waals surface area (Å²) < 4.78 is 5.69. The number of benzene rings is 1. The number of para-hydroxylation sites is 1. The van der Waals surface area contributed by atoms with Gasteiger partial charge in [0.2, 0.25) is 0 Å². The van der Waals surface area contributed by atoms with Gasteiger partial charge < -0.3 is 10.1 Å². The molecule has 1 atom stereocenters. The minimum absolute atomic E-state index is 0. The molecule has 0 fully saturated rings. The van der Waals surface area contributed by atoms with Gasteiger partial charge in [-0.05, 0) is 13.0 Å². The smallest absolute Gasteiger partial charge is 0.124 e. The third-order valence-corrected chi connectivity index (χ3v) is 2.05. The number of fused-ring (bicyclic) bond motifs is 1. The van der Waals surface area contributed by atoms with Crippen molar-refractivity contribution in [1.29, 1.82) is 0 Å². The lowest BCUT2D eigenvalue weighted by atomic mass is 10.2. The molecule has 0 saturated heterocycles. The van der Waals surface area contributed by atoms with E-state index in [0.29, 0.717) is 0 Å². The first kappa shape index (κ1) is 10.4. The van der Waals surface area contributed by atoms with Crippen LogP contribution in [0.25, 0.3) is 0 Å². The summed E-state index contributed by atoms with van der Waals surface area (Å²) in [6, 6.07) is 8.18. The maximum Gasteiger partial charge on any atom is 0.124 e. The summed E-state index contributed by atoms with van der Waals surface area (Å²) >= 11 is 0. The van der Waals surface area contributed by atoms with Crippen LogP contribution in [0.3, 0.4) is 0 Å². The van der Waals surface area contributed by atoms with Crippen LogP contribution in [0, 0.1) is 0 Å². The number of nitrogens with one attached hydrogen (secondary N) is 1. The fourth-order valence-corrected chi connectivity index (χ4v) is 1.43. The van der Waals surface area contributed by atoms with Crippen molar-refractivity contribution in [3.05, 3.63) is 29.8 Å². The average molecular weight is 200 g/mol. The van der Waals surface area contributed by atoms with Crippen molar-refractivity contribution in [1.82, 2.24) is 5.32 Å². The average Bonchev–Trinajstić information content (AvgIpc) is 2.25. The predicted octanol–water partition coefficient (Wildman–Crippen LogP) is 1.98. The van der Waals surface area contributed by atoms with Crippen LogP contribution in [0.15, 0.2) is 24.3 Å². The molecule has 1 aliphatic rings. The van der Waals surface area contributed by atoms with Crippen molar-refractivity contribution >= 4 is 12.4 Å². The van der Waals surface area contributed by atoms with Crippen LogP contribution in [0.2, 0.25) is 0 Å². The van der Waals surface area contributed by atoms with E-state index in [2.05, 4.69) is 18.3 Å². The van der Waals surface area contributed by atoms with E-state index in [1.165, 1.54) is 5.56 Å². The van der Waals surface area contributed by atoms with Crippen molar-refractivity contribution in [2.24, 2.45) is 0 Å². The molecule has 1 aromatic rings. The zero-order valence-corrected chi connectivity index (χ0v) is 8.43. The Morgan fingerprint density at radius 1 is 1.38 bits per heavy atom. The van der Waals surface area contributed by atoms with Gasteiger partial charge in [0.05, 0.1) is 0 Å². The number of ether oxygens (including phenoxy) is 1. The van der Waals surface area contributed by atoms with E-state index in [-0.39, 0.29) is 18.5 Å². The molecule has 0 saturated carbocycles. The zero-order valence-electron chi connectivity index (χ0n) is 7.62. The maximum atomic E-state index is 5.69. The second kappa shape index (κ2) is 4.49. The highest BCUT2D eigenvalue weighted by molar-refractivity contribution is 5.85. The molecule has 0 bridgehead atoms. The molecule has 0 aromatic heterocycles. The van der Waals surface area contributed by atoms with Gasteiger partial charge in [0.1, 0.15) is 11.9 Å². The summed E-state index contributed by atoms with van der Waals surface area (Å²) in [6.45, 7) is 3.92. The van der Waals surface area contributed by atoms with Crippen molar-refractivity contribution < 1.29 is 4.74 Å². The molecule has 1 unspecified atom stereocenters. The molecule has 2 nitrogen and oxygen atoms in total. The molecule has 0 amide bonds. The summed E-state index contributed by atoms with van der Waals surface area (Å²) in [4.78, 5) is 0. The van der Waals surface area contributed by atoms with E-state index in [1.807, 2.05) is 18.2 Å².